The van der Waals surface area contributed by atoms with Crippen LogP contribution in [0.3, 0.4) is 0 Å². The highest BCUT2D eigenvalue weighted by Gasteiger charge is 2.04. The molecule has 0 aliphatic rings. The molecule has 0 aromatic heterocycles. The topological polar surface area (TPSA) is 60.0 Å². The lowest BCUT2D eigenvalue weighted by Crippen LogP contribution is -2.33. The van der Waals surface area contributed by atoms with E-state index in [1.807, 2.05) is 24.3 Å². The standard InChI is InChI=1S/C16H27NO4/c1-3-4-10-20-11-9-17-12-14(18)13-21-16-7-5-15(19-2)6-8-16/h5-8,14,17-18H,3-4,9-13H2,1-2H3. The van der Waals surface area contributed by atoms with E-state index in [-0.39, 0.29) is 6.61 Å². The lowest BCUT2D eigenvalue weighted by Gasteiger charge is -2.13. The number of benzene rings is 1. The predicted molar refractivity (Wildman–Crippen MR) is 83.1 cm³/mol. The summed E-state index contributed by atoms with van der Waals surface area (Å²) in [4.78, 5) is 0. The Morgan fingerprint density at radius 1 is 1.14 bits per heavy atom. The largest absolute Gasteiger partial charge is 0.497 e. The number of aliphatic hydroxyl groups excluding tert-OH is 1. The second-order valence-corrected chi connectivity index (χ2v) is 4.81. The van der Waals surface area contributed by atoms with Gasteiger partial charge < -0.3 is 24.6 Å². The van der Waals surface area contributed by atoms with E-state index >= 15 is 0 Å². The Bertz CT molecular complexity index is 356. The van der Waals surface area contributed by atoms with Crippen LogP contribution in [0.1, 0.15) is 19.8 Å². The molecule has 5 nitrogen and oxygen atoms in total. The summed E-state index contributed by atoms with van der Waals surface area (Å²) in [5.41, 5.74) is 0. The molecular weight excluding hydrogens is 270 g/mol. The fourth-order valence-electron chi connectivity index (χ4n) is 1.68. The van der Waals surface area contributed by atoms with Gasteiger partial charge >= 0.3 is 0 Å². The molecule has 1 aromatic rings. The third-order valence-electron chi connectivity index (χ3n) is 2.95. The van der Waals surface area contributed by atoms with Gasteiger partial charge in [-0.1, -0.05) is 13.3 Å². The lowest BCUT2D eigenvalue weighted by molar-refractivity contribution is 0.0982. The van der Waals surface area contributed by atoms with Crippen LogP contribution in [-0.4, -0.2) is 51.2 Å². The van der Waals surface area contributed by atoms with E-state index in [2.05, 4.69) is 12.2 Å². The summed E-state index contributed by atoms with van der Waals surface area (Å²) in [6, 6.07) is 7.29. The Morgan fingerprint density at radius 3 is 2.52 bits per heavy atom. The third-order valence-corrected chi connectivity index (χ3v) is 2.95. The van der Waals surface area contributed by atoms with Crippen LogP contribution in [0.15, 0.2) is 24.3 Å². The van der Waals surface area contributed by atoms with Crippen molar-refractivity contribution in [1.29, 1.82) is 0 Å². The van der Waals surface area contributed by atoms with Crippen LogP contribution < -0.4 is 14.8 Å². The van der Waals surface area contributed by atoms with Crippen molar-refractivity contribution in [3.05, 3.63) is 24.3 Å². The van der Waals surface area contributed by atoms with Crippen LogP contribution in [0.5, 0.6) is 11.5 Å². The Labute approximate surface area is 127 Å². The number of hydrogen-bond acceptors (Lipinski definition) is 5. The van der Waals surface area contributed by atoms with Crippen molar-refractivity contribution >= 4 is 0 Å². The summed E-state index contributed by atoms with van der Waals surface area (Å²) in [6.45, 7) is 5.11. The molecule has 1 atom stereocenters. The molecule has 1 unspecified atom stereocenters. The van der Waals surface area contributed by atoms with E-state index < -0.39 is 6.10 Å². The van der Waals surface area contributed by atoms with Gasteiger partial charge in [-0.3, -0.25) is 0 Å². The first-order chi connectivity index (χ1) is 10.3. The van der Waals surface area contributed by atoms with Gasteiger partial charge in [0, 0.05) is 19.7 Å². The minimum Gasteiger partial charge on any atom is -0.497 e. The summed E-state index contributed by atoms with van der Waals surface area (Å²) in [5, 5.41) is 12.9. The molecule has 21 heavy (non-hydrogen) atoms. The van der Waals surface area contributed by atoms with Gasteiger partial charge in [0.2, 0.25) is 0 Å². The number of nitrogens with one attached hydrogen (secondary N) is 1. The van der Waals surface area contributed by atoms with E-state index in [9.17, 15) is 5.11 Å². The highest BCUT2D eigenvalue weighted by molar-refractivity contribution is 5.31. The zero-order chi connectivity index (χ0) is 15.3. The molecule has 0 saturated heterocycles. The Balaban J connectivity index is 2.03. The molecule has 0 fully saturated rings. The first-order valence-corrected chi connectivity index (χ1v) is 7.49. The van der Waals surface area contributed by atoms with E-state index in [1.165, 1.54) is 0 Å². The van der Waals surface area contributed by atoms with Gasteiger partial charge in [-0.15, -0.1) is 0 Å². The van der Waals surface area contributed by atoms with Gasteiger partial charge in [-0.25, -0.2) is 0 Å². The second kappa shape index (κ2) is 11.4. The molecule has 0 saturated carbocycles. The quantitative estimate of drug-likeness (QED) is 0.577. The first kappa shape index (κ1) is 17.8. The number of hydrogen-bond donors (Lipinski definition) is 2. The molecule has 0 amide bonds. The highest BCUT2D eigenvalue weighted by atomic mass is 16.5. The maximum absolute atomic E-state index is 9.80. The molecule has 0 heterocycles. The summed E-state index contributed by atoms with van der Waals surface area (Å²) in [6.07, 6.45) is 1.70. The molecule has 0 aliphatic heterocycles. The van der Waals surface area contributed by atoms with Crippen LogP contribution >= 0.6 is 0 Å². The minimum absolute atomic E-state index is 0.260. The van der Waals surface area contributed by atoms with Crippen molar-refractivity contribution in [1.82, 2.24) is 5.32 Å². The van der Waals surface area contributed by atoms with Crippen LogP contribution in [0.2, 0.25) is 0 Å². The van der Waals surface area contributed by atoms with Gasteiger partial charge in [-0.2, -0.15) is 0 Å². The summed E-state index contributed by atoms with van der Waals surface area (Å²) in [5.74, 6) is 1.50. The second-order valence-electron chi connectivity index (χ2n) is 4.81. The zero-order valence-electron chi connectivity index (χ0n) is 13.0. The zero-order valence-corrected chi connectivity index (χ0v) is 13.0. The smallest absolute Gasteiger partial charge is 0.119 e. The molecule has 0 radical (unpaired) electrons. The van der Waals surface area contributed by atoms with Crippen molar-refractivity contribution in [3.63, 3.8) is 0 Å². The number of rotatable bonds is 12. The van der Waals surface area contributed by atoms with Gasteiger partial charge in [0.05, 0.1) is 13.7 Å². The van der Waals surface area contributed by atoms with Crippen molar-refractivity contribution < 1.29 is 19.3 Å². The van der Waals surface area contributed by atoms with Gasteiger partial charge in [-0.05, 0) is 30.7 Å². The van der Waals surface area contributed by atoms with Gasteiger partial charge in [0.15, 0.2) is 0 Å². The number of unbranched alkanes of at least 4 members (excludes halogenated alkanes) is 1. The number of aliphatic hydroxyl groups is 1. The van der Waals surface area contributed by atoms with Crippen LogP contribution in [0.4, 0.5) is 0 Å². The maximum atomic E-state index is 9.80. The fraction of sp³-hybridized carbons (Fsp3) is 0.625. The van der Waals surface area contributed by atoms with Crippen molar-refractivity contribution in [3.8, 4) is 11.5 Å². The van der Waals surface area contributed by atoms with E-state index in [1.54, 1.807) is 7.11 Å². The van der Waals surface area contributed by atoms with Crippen LogP contribution in [0.25, 0.3) is 0 Å². The van der Waals surface area contributed by atoms with Gasteiger partial charge in [0.25, 0.3) is 0 Å². The predicted octanol–water partition coefficient (Wildman–Crippen LogP) is 1.84. The Morgan fingerprint density at radius 2 is 1.86 bits per heavy atom. The van der Waals surface area contributed by atoms with Gasteiger partial charge in [0.1, 0.15) is 24.2 Å². The normalized spacial score (nSPS) is 12.1. The van der Waals surface area contributed by atoms with Crippen LogP contribution in [-0.2, 0) is 4.74 Å². The van der Waals surface area contributed by atoms with E-state index in [0.717, 1.165) is 37.5 Å². The first-order valence-electron chi connectivity index (χ1n) is 7.49. The monoisotopic (exact) mass is 297 g/mol. The van der Waals surface area contributed by atoms with Crippen molar-refractivity contribution in [2.75, 3.05) is 40.0 Å². The van der Waals surface area contributed by atoms with Crippen LogP contribution in [0, 0.1) is 0 Å². The number of methoxy groups -OCH3 is 1. The lowest BCUT2D eigenvalue weighted by atomic mass is 10.3. The molecule has 5 heteroatoms. The summed E-state index contributed by atoms with van der Waals surface area (Å²) in [7, 11) is 1.62. The SMILES string of the molecule is CCCCOCCNCC(O)COc1ccc(OC)cc1. The Kier molecular flexibility index (Phi) is 9.61. The molecule has 2 N–H and O–H groups in total. The van der Waals surface area contributed by atoms with Crippen molar-refractivity contribution in [2.24, 2.45) is 0 Å². The summed E-state index contributed by atoms with van der Waals surface area (Å²) >= 11 is 0. The summed E-state index contributed by atoms with van der Waals surface area (Å²) < 4.78 is 16.0. The van der Waals surface area contributed by atoms with E-state index in [0.29, 0.717) is 13.2 Å². The average molecular weight is 297 g/mol. The molecule has 1 aromatic carbocycles. The molecule has 0 spiro atoms. The molecule has 0 bridgehead atoms. The average Bonchev–Trinajstić information content (AvgIpc) is 2.52. The third kappa shape index (κ3) is 8.55. The molecule has 0 aliphatic carbocycles. The number of ether oxygens (including phenoxy) is 3. The van der Waals surface area contributed by atoms with Crippen molar-refractivity contribution in [2.45, 2.75) is 25.9 Å². The maximum Gasteiger partial charge on any atom is 0.119 e. The molecule has 1 rings (SSSR count). The minimum atomic E-state index is -0.539. The molecular formula is C16H27NO4. The van der Waals surface area contributed by atoms with E-state index in [4.69, 9.17) is 14.2 Å². The highest BCUT2D eigenvalue weighted by Crippen LogP contribution is 2.16. The fourth-order valence-corrected chi connectivity index (χ4v) is 1.68. The molecule has 120 valence electrons. The Hall–Kier alpha value is -1.30.